The fourth-order valence-corrected chi connectivity index (χ4v) is 1.62. The second-order valence-electron chi connectivity index (χ2n) is 5.16. The summed E-state index contributed by atoms with van der Waals surface area (Å²) in [6.45, 7) is 6.38. The van der Waals surface area contributed by atoms with Crippen LogP contribution in [0.4, 0.5) is 10.5 Å². The second kappa shape index (κ2) is 7.01. The molecule has 0 saturated heterocycles. The van der Waals surface area contributed by atoms with Crippen LogP contribution in [-0.2, 0) is 4.74 Å². The number of ether oxygens (including phenoxy) is 1. The highest BCUT2D eigenvalue weighted by atomic mass is 35.5. The summed E-state index contributed by atoms with van der Waals surface area (Å²) in [6.07, 6.45) is -0.447. The number of halogens is 1. The molecule has 1 rings (SSSR count). The Morgan fingerprint density at radius 3 is 2.65 bits per heavy atom. The Balaban J connectivity index is 2.33. The van der Waals surface area contributed by atoms with Crippen molar-refractivity contribution < 1.29 is 9.53 Å². The molecule has 1 aromatic carbocycles. The molecule has 0 aliphatic carbocycles. The molecule has 0 atom stereocenters. The first kappa shape index (κ1) is 16.1. The van der Waals surface area contributed by atoms with Crippen molar-refractivity contribution >= 4 is 23.4 Å². The number of benzene rings is 1. The molecule has 20 heavy (non-hydrogen) atoms. The van der Waals surface area contributed by atoms with E-state index in [4.69, 9.17) is 21.6 Å². The van der Waals surface area contributed by atoms with Crippen LogP contribution in [0.25, 0.3) is 0 Å². The van der Waals surface area contributed by atoms with Crippen molar-refractivity contribution in [1.29, 1.82) is 5.26 Å². The Morgan fingerprint density at radius 2 is 2.10 bits per heavy atom. The van der Waals surface area contributed by atoms with Gasteiger partial charge in [-0.25, -0.2) is 4.79 Å². The van der Waals surface area contributed by atoms with E-state index in [9.17, 15) is 4.79 Å². The van der Waals surface area contributed by atoms with Gasteiger partial charge in [0.05, 0.1) is 10.6 Å². The van der Waals surface area contributed by atoms with Crippen LogP contribution >= 0.6 is 11.6 Å². The minimum Gasteiger partial charge on any atom is -0.444 e. The van der Waals surface area contributed by atoms with Crippen molar-refractivity contribution in [2.45, 2.75) is 26.4 Å². The van der Waals surface area contributed by atoms with Crippen molar-refractivity contribution in [1.82, 2.24) is 5.32 Å². The number of anilines is 1. The van der Waals surface area contributed by atoms with Crippen LogP contribution in [0.2, 0.25) is 5.02 Å². The van der Waals surface area contributed by atoms with Gasteiger partial charge in [-0.1, -0.05) is 11.6 Å². The zero-order chi connectivity index (χ0) is 15.2. The summed E-state index contributed by atoms with van der Waals surface area (Å²) in [5, 5.41) is 14.9. The summed E-state index contributed by atoms with van der Waals surface area (Å²) in [7, 11) is 0. The summed E-state index contributed by atoms with van der Waals surface area (Å²) in [6, 6.07) is 7.07. The van der Waals surface area contributed by atoms with Gasteiger partial charge in [-0.15, -0.1) is 0 Å². The van der Waals surface area contributed by atoms with Crippen LogP contribution in [0.1, 0.15) is 26.3 Å². The van der Waals surface area contributed by atoms with E-state index < -0.39 is 11.7 Å². The van der Waals surface area contributed by atoms with E-state index >= 15 is 0 Å². The molecule has 0 aliphatic rings. The number of carbonyl (C=O) groups is 1. The molecule has 0 saturated carbocycles. The van der Waals surface area contributed by atoms with Gasteiger partial charge in [0.25, 0.3) is 0 Å². The molecule has 1 amide bonds. The van der Waals surface area contributed by atoms with E-state index in [1.807, 2.05) is 26.8 Å². The maximum atomic E-state index is 11.4. The molecule has 108 valence electrons. The van der Waals surface area contributed by atoms with Crippen molar-refractivity contribution in [3.8, 4) is 6.07 Å². The Labute approximate surface area is 123 Å². The lowest BCUT2D eigenvalue weighted by molar-refractivity contribution is 0.0530. The molecule has 0 spiro atoms. The monoisotopic (exact) mass is 295 g/mol. The topological polar surface area (TPSA) is 74.2 Å². The fraction of sp³-hybridized carbons (Fsp3) is 0.429. The van der Waals surface area contributed by atoms with Crippen LogP contribution in [0.5, 0.6) is 0 Å². The third-order valence-corrected chi connectivity index (χ3v) is 2.52. The predicted molar refractivity (Wildman–Crippen MR) is 78.9 cm³/mol. The quantitative estimate of drug-likeness (QED) is 0.837. The number of carbonyl (C=O) groups excluding carboxylic acids is 1. The van der Waals surface area contributed by atoms with E-state index in [2.05, 4.69) is 10.6 Å². The van der Waals surface area contributed by atoms with Gasteiger partial charge in [0.1, 0.15) is 11.7 Å². The smallest absolute Gasteiger partial charge is 0.407 e. The van der Waals surface area contributed by atoms with Gasteiger partial charge in [0.2, 0.25) is 0 Å². The average molecular weight is 296 g/mol. The van der Waals surface area contributed by atoms with E-state index in [0.717, 1.165) is 5.69 Å². The number of nitrogens with zero attached hydrogens (tertiary/aromatic N) is 1. The average Bonchev–Trinajstić information content (AvgIpc) is 2.33. The fourth-order valence-electron chi connectivity index (χ4n) is 1.40. The number of hydrogen-bond acceptors (Lipinski definition) is 4. The highest BCUT2D eigenvalue weighted by molar-refractivity contribution is 6.32. The Morgan fingerprint density at radius 1 is 1.40 bits per heavy atom. The van der Waals surface area contributed by atoms with Crippen molar-refractivity contribution in [3.05, 3.63) is 28.8 Å². The molecule has 0 radical (unpaired) electrons. The number of nitriles is 1. The second-order valence-corrected chi connectivity index (χ2v) is 5.57. The third-order valence-electron chi connectivity index (χ3n) is 2.21. The van der Waals surface area contributed by atoms with E-state index in [-0.39, 0.29) is 0 Å². The van der Waals surface area contributed by atoms with Gasteiger partial charge in [0.15, 0.2) is 0 Å². The van der Waals surface area contributed by atoms with Gasteiger partial charge in [-0.05, 0) is 39.0 Å². The van der Waals surface area contributed by atoms with Gasteiger partial charge in [-0.3, -0.25) is 0 Å². The highest BCUT2D eigenvalue weighted by Crippen LogP contribution is 2.19. The third kappa shape index (κ3) is 5.81. The number of alkyl carbamates (subject to hydrolysis) is 1. The Bertz CT molecular complexity index is 518. The molecule has 6 heteroatoms. The molecule has 2 N–H and O–H groups in total. The molecule has 0 bridgehead atoms. The minimum atomic E-state index is -0.502. The van der Waals surface area contributed by atoms with Crippen molar-refractivity contribution in [2.24, 2.45) is 0 Å². The maximum Gasteiger partial charge on any atom is 0.407 e. The Kier molecular flexibility index (Phi) is 5.66. The SMILES string of the molecule is CC(C)(C)OC(=O)NCCNc1ccc(C#N)c(Cl)c1. The van der Waals surface area contributed by atoms with Gasteiger partial charge in [0, 0.05) is 18.8 Å². The standard InChI is InChI=1S/C14H18ClN3O2/c1-14(2,3)20-13(19)18-7-6-17-11-5-4-10(9-16)12(15)8-11/h4-5,8,17H,6-7H2,1-3H3,(H,18,19). The molecule has 0 unspecified atom stereocenters. The van der Waals surface area contributed by atoms with Crippen LogP contribution in [-0.4, -0.2) is 24.8 Å². The van der Waals surface area contributed by atoms with E-state index in [1.54, 1.807) is 18.2 Å². The number of amides is 1. The first-order valence-electron chi connectivity index (χ1n) is 6.22. The van der Waals surface area contributed by atoms with Crippen LogP contribution in [0, 0.1) is 11.3 Å². The molecule has 0 aromatic heterocycles. The van der Waals surface area contributed by atoms with Crippen LogP contribution in [0.15, 0.2) is 18.2 Å². The van der Waals surface area contributed by atoms with Gasteiger partial charge < -0.3 is 15.4 Å². The zero-order valence-electron chi connectivity index (χ0n) is 11.8. The normalized spacial score (nSPS) is 10.6. The van der Waals surface area contributed by atoms with Crippen LogP contribution < -0.4 is 10.6 Å². The lowest BCUT2D eigenvalue weighted by atomic mass is 10.2. The summed E-state index contributed by atoms with van der Waals surface area (Å²) in [5.41, 5.74) is 0.724. The Hall–Kier alpha value is -1.93. The summed E-state index contributed by atoms with van der Waals surface area (Å²) < 4.78 is 5.10. The molecule has 5 nitrogen and oxygen atoms in total. The van der Waals surface area contributed by atoms with Crippen molar-refractivity contribution in [2.75, 3.05) is 18.4 Å². The van der Waals surface area contributed by atoms with E-state index in [0.29, 0.717) is 23.7 Å². The van der Waals surface area contributed by atoms with E-state index in [1.165, 1.54) is 0 Å². The van der Waals surface area contributed by atoms with Gasteiger partial charge >= 0.3 is 6.09 Å². The van der Waals surface area contributed by atoms with Crippen molar-refractivity contribution in [3.63, 3.8) is 0 Å². The molecule has 0 fully saturated rings. The maximum absolute atomic E-state index is 11.4. The zero-order valence-corrected chi connectivity index (χ0v) is 12.5. The number of rotatable bonds is 4. The first-order valence-corrected chi connectivity index (χ1v) is 6.60. The molecule has 0 aliphatic heterocycles. The number of nitrogens with one attached hydrogen (secondary N) is 2. The molecular formula is C14H18ClN3O2. The number of hydrogen-bond donors (Lipinski definition) is 2. The highest BCUT2D eigenvalue weighted by Gasteiger charge is 2.15. The largest absolute Gasteiger partial charge is 0.444 e. The minimum absolute atomic E-state index is 0.401. The lowest BCUT2D eigenvalue weighted by Gasteiger charge is -2.19. The molecular weight excluding hydrogens is 278 g/mol. The van der Waals surface area contributed by atoms with Crippen LogP contribution in [0.3, 0.4) is 0 Å². The van der Waals surface area contributed by atoms with Gasteiger partial charge in [-0.2, -0.15) is 5.26 Å². The lowest BCUT2D eigenvalue weighted by Crippen LogP contribution is -2.34. The summed E-state index contributed by atoms with van der Waals surface area (Å²) in [4.78, 5) is 11.4. The summed E-state index contributed by atoms with van der Waals surface area (Å²) >= 11 is 5.91. The molecule has 0 heterocycles. The first-order chi connectivity index (χ1) is 9.31. The predicted octanol–water partition coefficient (Wildman–Crippen LogP) is 3.15. The molecule has 1 aromatic rings. The summed E-state index contributed by atoms with van der Waals surface area (Å²) in [5.74, 6) is 0.